The maximum absolute atomic E-state index is 12.2. The van der Waals surface area contributed by atoms with Crippen LogP contribution in [-0.4, -0.2) is 63.0 Å². The second-order valence-electron chi connectivity index (χ2n) is 5.35. The van der Waals surface area contributed by atoms with Crippen LogP contribution < -0.4 is 0 Å². The van der Waals surface area contributed by atoms with E-state index in [1.54, 1.807) is 23.1 Å². The lowest BCUT2D eigenvalue weighted by Gasteiger charge is -2.22. The summed E-state index contributed by atoms with van der Waals surface area (Å²) in [6.45, 7) is 1.61. The molecule has 0 bridgehead atoms. The zero-order chi connectivity index (χ0) is 16.0. The fourth-order valence-electron chi connectivity index (χ4n) is 2.34. The fourth-order valence-corrected chi connectivity index (χ4v) is 3.59. The molecule has 0 spiro atoms. The van der Waals surface area contributed by atoms with Crippen LogP contribution in [0.5, 0.6) is 0 Å². The van der Waals surface area contributed by atoms with Gasteiger partial charge in [-0.1, -0.05) is 18.2 Å². The van der Waals surface area contributed by atoms with Crippen molar-refractivity contribution in [2.24, 2.45) is 5.92 Å². The normalized spacial score (nSPS) is 19.7. The summed E-state index contributed by atoms with van der Waals surface area (Å²) < 4.78 is 29.7. The molecule has 1 saturated heterocycles. The van der Waals surface area contributed by atoms with Crippen molar-refractivity contribution in [1.29, 1.82) is 0 Å². The van der Waals surface area contributed by atoms with E-state index in [-0.39, 0.29) is 35.5 Å². The largest absolute Gasteiger partial charge is 0.396 e. The van der Waals surface area contributed by atoms with E-state index in [0.29, 0.717) is 26.3 Å². The highest BCUT2D eigenvalue weighted by Gasteiger charge is 2.24. The van der Waals surface area contributed by atoms with Crippen LogP contribution in [-0.2, 0) is 19.4 Å². The lowest BCUT2D eigenvalue weighted by molar-refractivity contribution is -0.131. The summed E-state index contributed by atoms with van der Waals surface area (Å²) in [6.07, 6.45) is -0.0601. The summed E-state index contributed by atoms with van der Waals surface area (Å²) in [5.74, 6) is -0.544. The molecule has 22 heavy (non-hydrogen) atoms. The molecule has 122 valence electrons. The SMILES string of the molecule is O=C(CCS(=O)(=O)c1ccccc1)N1CCOC[C@H](CO)C1. The van der Waals surface area contributed by atoms with Gasteiger partial charge in [-0.05, 0) is 12.1 Å². The Hall–Kier alpha value is -1.44. The van der Waals surface area contributed by atoms with Crippen LogP contribution in [0.2, 0.25) is 0 Å². The van der Waals surface area contributed by atoms with E-state index in [9.17, 15) is 18.3 Å². The summed E-state index contributed by atoms with van der Waals surface area (Å²) in [4.78, 5) is 14.0. The molecule has 2 rings (SSSR count). The fraction of sp³-hybridized carbons (Fsp3) is 0.533. The van der Waals surface area contributed by atoms with Gasteiger partial charge in [-0.15, -0.1) is 0 Å². The molecular formula is C15H21NO5S. The zero-order valence-corrected chi connectivity index (χ0v) is 13.2. The Labute approximate surface area is 130 Å². The van der Waals surface area contributed by atoms with Crippen LogP contribution in [0.15, 0.2) is 35.2 Å². The first-order valence-electron chi connectivity index (χ1n) is 7.27. The van der Waals surface area contributed by atoms with Crippen molar-refractivity contribution in [3.8, 4) is 0 Å². The summed E-state index contributed by atoms with van der Waals surface area (Å²) in [5.41, 5.74) is 0. The van der Waals surface area contributed by atoms with Crippen molar-refractivity contribution in [3.05, 3.63) is 30.3 Å². The van der Waals surface area contributed by atoms with Crippen molar-refractivity contribution in [1.82, 2.24) is 4.90 Å². The van der Waals surface area contributed by atoms with E-state index in [2.05, 4.69) is 0 Å². The molecule has 1 aromatic carbocycles. The maximum Gasteiger partial charge on any atom is 0.223 e. The molecule has 1 fully saturated rings. The van der Waals surface area contributed by atoms with E-state index < -0.39 is 9.84 Å². The molecule has 7 heteroatoms. The second-order valence-corrected chi connectivity index (χ2v) is 7.45. The molecule has 1 N–H and O–H groups in total. The van der Waals surface area contributed by atoms with Gasteiger partial charge in [0.1, 0.15) is 0 Å². The number of benzene rings is 1. The minimum absolute atomic E-state index is 0.0495. The smallest absolute Gasteiger partial charge is 0.223 e. The summed E-state index contributed by atoms with van der Waals surface area (Å²) in [7, 11) is -3.45. The van der Waals surface area contributed by atoms with Gasteiger partial charge in [-0.25, -0.2) is 8.42 Å². The van der Waals surface area contributed by atoms with Gasteiger partial charge in [-0.3, -0.25) is 4.79 Å². The highest BCUT2D eigenvalue weighted by atomic mass is 32.2. The number of sulfone groups is 1. The van der Waals surface area contributed by atoms with Gasteiger partial charge in [0.25, 0.3) is 0 Å². The molecule has 0 radical (unpaired) electrons. The summed E-state index contributed by atoms with van der Waals surface area (Å²) in [6, 6.07) is 8.12. The van der Waals surface area contributed by atoms with E-state index in [4.69, 9.17) is 4.74 Å². The van der Waals surface area contributed by atoms with Gasteiger partial charge in [0.2, 0.25) is 5.91 Å². The molecule has 1 amide bonds. The maximum atomic E-state index is 12.2. The standard InChI is InChI=1S/C15H21NO5S/c17-11-13-10-16(7-8-21-12-13)15(18)6-9-22(19,20)14-4-2-1-3-5-14/h1-5,13,17H,6-12H2/t13-/m0/s1. The van der Waals surface area contributed by atoms with Crippen molar-refractivity contribution in [3.63, 3.8) is 0 Å². The molecule has 1 heterocycles. The monoisotopic (exact) mass is 327 g/mol. The predicted molar refractivity (Wildman–Crippen MR) is 81.1 cm³/mol. The van der Waals surface area contributed by atoms with Crippen LogP contribution in [0.4, 0.5) is 0 Å². The number of amides is 1. The van der Waals surface area contributed by atoms with Crippen LogP contribution >= 0.6 is 0 Å². The third-order valence-electron chi connectivity index (χ3n) is 3.64. The third-order valence-corrected chi connectivity index (χ3v) is 5.37. The van der Waals surface area contributed by atoms with Crippen molar-refractivity contribution >= 4 is 15.7 Å². The quantitative estimate of drug-likeness (QED) is 0.842. The molecule has 0 unspecified atom stereocenters. The van der Waals surface area contributed by atoms with Gasteiger partial charge in [0.15, 0.2) is 9.84 Å². The average molecular weight is 327 g/mol. The van der Waals surface area contributed by atoms with Crippen LogP contribution in [0.3, 0.4) is 0 Å². The molecule has 1 atom stereocenters. The zero-order valence-electron chi connectivity index (χ0n) is 12.3. The Morgan fingerprint density at radius 1 is 1.32 bits per heavy atom. The Morgan fingerprint density at radius 2 is 2.05 bits per heavy atom. The summed E-state index contributed by atoms with van der Waals surface area (Å²) in [5, 5.41) is 9.21. The van der Waals surface area contributed by atoms with Gasteiger partial charge >= 0.3 is 0 Å². The molecule has 0 aromatic heterocycles. The Kier molecular flexibility index (Phi) is 5.93. The first kappa shape index (κ1) is 16.9. The number of aliphatic hydroxyl groups is 1. The third kappa shape index (κ3) is 4.53. The van der Waals surface area contributed by atoms with Crippen LogP contribution in [0.25, 0.3) is 0 Å². The number of ether oxygens (including phenoxy) is 1. The molecule has 1 aliphatic heterocycles. The van der Waals surface area contributed by atoms with Crippen LogP contribution in [0, 0.1) is 5.92 Å². The lowest BCUT2D eigenvalue weighted by Crippen LogP contribution is -2.37. The lowest BCUT2D eigenvalue weighted by atomic mass is 10.1. The first-order chi connectivity index (χ1) is 10.5. The number of hydrogen-bond acceptors (Lipinski definition) is 5. The number of carbonyl (C=O) groups is 1. The minimum atomic E-state index is -3.45. The van der Waals surface area contributed by atoms with Crippen molar-refractivity contribution in [2.45, 2.75) is 11.3 Å². The van der Waals surface area contributed by atoms with Gasteiger partial charge < -0.3 is 14.7 Å². The number of rotatable bonds is 5. The van der Waals surface area contributed by atoms with Gasteiger partial charge in [0.05, 0.1) is 23.9 Å². The summed E-state index contributed by atoms with van der Waals surface area (Å²) >= 11 is 0. The van der Waals surface area contributed by atoms with E-state index >= 15 is 0 Å². The van der Waals surface area contributed by atoms with E-state index in [0.717, 1.165) is 0 Å². The predicted octanol–water partition coefficient (Wildman–Crippen LogP) is 0.318. The topological polar surface area (TPSA) is 83.9 Å². The van der Waals surface area contributed by atoms with E-state index in [1.165, 1.54) is 12.1 Å². The average Bonchev–Trinajstić information content (AvgIpc) is 2.79. The second kappa shape index (κ2) is 7.71. The Morgan fingerprint density at radius 3 is 2.73 bits per heavy atom. The Bertz CT molecular complexity index is 587. The highest BCUT2D eigenvalue weighted by molar-refractivity contribution is 7.91. The molecule has 1 aromatic rings. The number of hydrogen-bond donors (Lipinski definition) is 1. The Balaban J connectivity index is 1.94. The molecule has 1 aliphatic rings. The van der Waals surface area contributed by atoms with Gasteiger partial charge in [0, 0.05) is 32.0 Å². The molecule has 0 aliphatic carbocycles. The molecule has 6 nitrogen and oxygen atoms in total. The number of carbonyl (C=O) groups excluding carboxylic acids is 1. The number of aliphatic hydroxyl groups excluding tert-OH is 1. The highest BCUT2D eigenvalue weighted by Crippen LogP contribution is 2.13. The molecular weight excluding hydrogens is 306 g/mol. The molecule has 0 saturated carbocycles. The minimum Gasteiger partial charge on any atom is -0.396 e. The van der Waals surface area contributed by atoms with Crippen molar-refractivity contribution < 1.29 is 23.1 Å². The van der Waals surface area contributed by atoms with Gasteiger partial charge in [-0.2, -0.15) is 0 Å². The van der Waals surface area contributed by atoms with Crippen molar-refractivity contribution in [2.75, 3.05) is 38.7 Å². The first-order valence-corrected chi connectivity index (χ1v) is 8.92. The van der Waals surface area contributed by atoms with E-state index in [1.807, 2.05) is 0 Å². The number of nitrogens with zero attached hydrogens (tertiary/aromatic N) is 1. The van der Waals surface area contributed by atoms with Crippen LogP contribution in [0.1, 0.15) is 6.42 Å².